The number of hydrogen-bond acceptors (Lipinski definition) is 5. The number of nitrogens with zero attached hydrogens (tertiary/aromatic N) is 1. The Hall–Kier alpha value is -2.26. The van der Waals surface area contributed by atoms with Crippen molar-refractivity contribution in [2.24, 2.45) is 0 Å². The number of rotatable bonds is 7. The molecule has 2 aromatic carbocycles. The lowest BCUT2D eigenvalue weighted by molar-refractivity contribution is -0.0212. The molecule has 1 amide bonds. The SMILES string of the molecule is CNS(=O)(=O)c1cc(C(=O)NCc2cccc(CN3CCOC(C)C3)c2)cc(C)c1C. The molecule has 2 N–H and O–H groups in total. The summed E-state index contributed by atoms with van der Waals surface area (Å²) in [5.74, 6) is -0.303. The van der Waals surface area contributed by atoms with Crippen molar-refractivity contribution < 1.29 is 17.9 Å². The molecule has 7 nitrogen and oxygen atoms in total. The van der Waals surface area contributed by atoms with E-state index in [9.17, 15) is 13.2 Å². The van der Waals surface area contributed by atoms with E-state index in [4.69, 9.17) is 4.74 Å². The monoisotopic (exact) mass is 445 g/mol. The molecule has 0 radical (unpaired) electrons. The number of aryl methyl sites for hydroxylation is 1. The average molecular weight is 446 g/mol. The van der Waals surface area contributed by atoms with Crippen molar-refractivity contribution in [1.29, 1.82) is 0 Å². The molecule has 2 aromatic rings. The van der Waals surface area contributed by atoms with Gasteiger partial charge in [-0.15, -0.1) is 0 Å². The van der Waals surface area contributed by atoms with Crippen molar-refractivity contribution in [3.63, 3.8) is 0 Å². The smallest absolute Gasteiger partial charge is 0.251 e. The van der Waals surface area contributed by atoms with Crippen LogP contribution in [0, 0.1) is 13.8 Å². The third-order valence-corrected chi connectivity index (χ3v) is 7.16. The lowest BCUT2D eigenvalue weighted by atomic mass is 10.1. The highest BCUT2D eigenvalue weighted by molar-refractivity contribution is 7.89. The number of benzene rings is 2. The Labute approximate surface area is 184 Å². The van der Waals surface area contributed by atoms with Gasteiger partial charge in [0.05, 0.1) is 17.6 Å². The third-order valence-electron chi connectivity index (χ3n) is 5.62. The standard InChI is InChI=1S/C23H31N3O4S/c1-16-10-21(12-22(18(16)3)31(28,29)24-4)23(27)25-13-19-6-5-7-20(11-19)15-26-8-9-30-17(2)14-26/h5-7,10-12,17,24H,8-9,13-15H2,1-4H3,(H,25,27). The Morgan fingerprint density at radius 2 is 1.94 bits per heavy atom. The van der Waals surface area contributed by atoms with E-state index in [1.165, 1.54) is 18.7 Å². The summed E-state index contributed by atoms with van der Waals surface area (Å²) in [7, 11) is -2.28. The second kappa shape index (κ2) is 9.91. The highest BCUT2D eigenvalue weighted by Crippen LogP contribution is 2.21. The number of hydrogen-bond donors (Lipinski definition) is 2. The Bertz CT molecular complexity index is 1050. The summed E-state index contributed by atoms with van der Waals surface area (Å²) in [6.07, 6.45) is 0.241. The molecule has 31 heavy (non-hydrogen) atoms. The van der Waals surface area contributed by atoms with E-state index in [1.54, 1.807) is 19.9 Å². The van der Waals surface area contributed by atoms with E-state index in [0.29, 0.717) is 17.7 Å². The van der Waals surface area contributed by atoms with E-state index < -0.39 is 10.0 Å². The summed E-state index contributed by atoms with van der Waals surface area (Å²) >= 11 is 0. The maximum Gasteiger partial charge on any atom is 0.251 e. The lowest BCUT2D eigenvalue weighted by Gasteiger charge is -2.31. The van der Waals surface area contributed by atoms with Gasteiger partial charge in [-0.05, 0) is 62.2 Å². The van der Waals surface area contributed by atoms with Crippen LogP contribution in [0.5, 0.6) is 0 Å². The van der Waals surface area contributed by atoms with Crippen LogP contribution in [0.15, 0.2) is 41.3 Å². The van der Waals surface area contributed by atoms with Gasteiger partial charge < -0.3 is 10.1 Å². The van der Waals surface area contributed by atoms with Gasteiger partial charge >= 0.3 is 0 Å². The highest BCUT2D eigenvalue weighted by atomic mass is 32.2. The van der Waals surface area contributed by atoms with Gasteiger partial charge in [0.2, 0.25) is 10.0 Å². The van der Waals surface area contributed by atoms with Crippen molar-refractivity contribution in [2.45, 2.75) is 44.9 Å². The van der Waals surface area contributed by atoms with Crippen LogP contribution in [0.4, 0.5) is 0 Å². The van der Waals surface area contributed by atoms with Gasteiger partial charge in [-0.3, -0.25) is 9.69 Å². The zero-order valence-electron chi connectivity index (χ0n) is 18.6. The number of ether oxygens (including phenoxy) is 1. The molecule has 1 aliphatic heterocycles. The Kier molecular flexibility index (Phi) is 7.48. The molecule has 1 atom stereocenters. The lowest BCUT2D eigenvalue weighted by Crippen LogP contribution is -2.40. The van der Waals surface area contributed by atoms with Gasteiger partial charge in [0.25, 0.3) is 5.91 Å². The van der Waals surface area contributed by atoms with Crippen molar-refractivity contribution in [3.8, 4) is 0 Å². The first kappa shape index (κ1) is 23.4. The molecule has 1 aliphatic rings. The van der Waals surface area contributed by atoms with Crippen molar-refractivity contribution in [1.82, 2.24) is 14.9 Å². The summed E-state index contributed by atoms with van der Waals surface area (Å²) in [5.41, 5.74) is 3.91. The van der Waals surface area contributed by atoms with Crippen molar-refractivity contribution >= 4 is 15.9 Å². The fraction of sp³-hybridized carbons (Fsp3) is 0.435. The summed E-state index contributed by atoms with van der Waals surface area (Å²) in [6.45, 7) is 9.40. The quantitative estimate of drug-likeness (QED) is 0.683. The van der Waals surface area contributed by atoms with E-state index >= 15 is 0 Å². The topological polar surface area (TPSA) is 87.7 Å². The van der Waals surface area contributed by atoms with Gasteiger partial charge in [0, 0.05) is 31.7 Å². The zero-order valence-corrected chi connectivity index (χ0v) is 19.4. The maximum absolute atomic E-state index is 12.7. The number of carbonyl (C=O) groups is 1. The summed E-state index contributed by atoms with van der Waals surface area (Å²) in [5, 5.41) is 2.91. The van der Waals surface area contributed by atoms with Gasteiger partial charge in [-0.1, -0.05) is 24.3 Å². The van der Waals surface area contributed by atoms with Crippen LogP contribution in [0.2, 0.25) is 0 Å². The van der Waals surface area contributed by atoms with Crippen LogP contribution in [-0.4, -0.2) is 52.1 Å². The number of nitrogens with one attached hydrogen (secondary N) is 2. The molecular weight excluding hydrogens is 414 g/mol. The molecule has 0 aromatic heterocycles. The average Bonchev–Trinajstić information content (AvgIpc) is 2.74. The van der Waals surface area contributed by atoms with Gasteiger partial charge in [-0.25, -0.2) is 13.1 Å². The Morgan fingerprint density at radius 3 is 2.65 bits per heavy atom. The largest absolute Gasteiger partial charge is 0.376 e. The molecule has 0 bridgehead atoms. The highest BCUT2D eigenvalue weighted by Gasteiger charge is 2.20. The van der Waals surface area contributed by atoms with Crippen LogP contribution in [0.25, 0.3) is 0 Å². The fourth-order valence-corrected chi connectivity index (χ4v) is 4.83. The van der Waals surface area contributed by atoms with Crippen LogP contribution in [0.3, 0.4) is 0 Å². The van der Waals surface area contributed by atoms with Crippen LogP contribution in [0.1, 0.15) is 39.5 Å². The Balaban J connectivity index is 1.68. The number of carbonyl (C=O) groups excluding carboxylic acids is 1. The first-order valence-corrected chi connectivity index (χ1v) is 11.9. The minimum atomic E-state index is -3.64. The molecule has 0 spiro atoms. The Morgan fingerprint density at radius 1 is 1.19 bits per heavy atom. The molecule has 1 unspecified atom stereocenters. The van der Waals surface area contributed by atoms with Gasteiger partial charge in [0.1, 0.15) is 0 Å². The van der Waals surface area contributed by atoms with Crippen molar-refractivity contribution in [3.05, 3.63) is 64.2 Å². The third kappa shape index (κ3) is 5.92. The second-order valence-corrected chi connectivity index (χ2v) is 9.90. The molecule has 1 fully saturated rings. The molecule has 0 saturated carbocycles. The maximum atomic E-state index is 12.7. The summed E-state index contributed by atoms with van der Waals surface area (Å²) < 4.78 is 32.5. The molecule has 3 rings (SSSR count). The summed E-state index contributed by atoms with van der Waals surface area (Å²) in [4.78, 5) is 15.2. The molecule has 168 valence electrons. The first-order valence-electron chi connectivity index (χ1n) is 10.4. The number of amides is 1. The van der Waals surface area contributed by atoms with Crippen molar-refractivity contribution in [2.75, 3.05) is 26.7 Å². The van der Waals surface area contributed by atoms with E-state index in [2.05, 4.69) is 34.0 Å². The molecule has 1 heterocycles. The molecule has 1 saturated heterocycles. The normalized spacial score (nSPS) is 17.5. The molecule has 8 heteroatoms. The minimum Gasteiger partial charge on any atom is -0.376 e. The zero-order chi connectivity index (χ0) is 22.6. The van der Waals surface area contributed by atoms with Gasteiger partial charge in [-0.2, -0.15) is 0 Å². The molecule has 0 aliphatic carbocycles. The van der Waals surface area contributed by atoms with E-state index in [-0.39, 0.29) is 16.9 Å². The van der Waals surface area contributed by atoms with E-state index in [1.807, 2.05) is 12.1 Å². The number of sulfonamides is 1. The summed E-state index contributed by atoms with van der Waals surface area (Å²) in [6, 6.07) is 11.3. The second-order valence-electron chi connectivity index (χ2n) is 8.04. The fourth-order valence-electron chi connectivity index (χ4n) is 3.76. The minimum absolute atomic E-state index is 0.127. The molecular formula is C23H31N3O4S. The number of morpholine rings is 1. The predicted octanol–water partition coefficient (Wildman–Crippen LogP) is 2.36. The van der Waals surface area contributed by atoms with Crippen LogP contribution >= 0.6 is 0 Å². The van der Waals surface area contributed by atoms with E-state index in [0.717, 1.165) is 37.4 Å². The first-order chi connectivity index (χ1) is 14.7. The van der Waals surface area contributed by atoms with Crippen LogP contribution < -0.4 is 10.0 Å². The predicted molar refractivity (Wildman–Crippen MR) is 120 cm³/mol. The van der Waals surface area contributed by atoms with Crippen LogP contribution in [-0.2, 0) is 27.8 Å². The van der Waals surface area contributed by atoms with Gasteiger partial charge in [0.15, 0.2) is 0 Å².